The van der Waals surface area contributed by atoms with E-state index in [9.17, 15) is 9.59 Å². The molecule has 4 nitrogen and oxygen atoms in total. The molecule has 1 unspecified atom stereocenters. The average Bonchev–Trinajstić information content (AvgIpc) is 2.55. The molecular weight excluding hydrogens is 265 g/mol. The van der Waals surface area contributed by atoms with E-state index >= 15 is 0 Å². The van der Waals surface area contributed by atoms with Gasteiger partial charge in [0.25, 0.3) is 0 Å². The summed E-state index contributed by atoms with van der Waals surface area (Å²) in [5.41, 5.74) is 1.17. The monoisotopic (exact) mass is 273 g/mol. The van der Waals surface area contributed by atoms with Crippen molar-refractivity contribution in [3.63, 3.8) is 0 Å². The number of amides is 1. The number of Topliss-reactive ketones (excluding diaryl/α,β-unsaturated/α-hetero) is 1. The summed E-state index contributed by atoms with van der Waals surface area (Å²) in [5, 5.41) is 3.24. The zero-order valence-corrected chi connectivity index (χ0v) is 10.4. The first-order valence-corrected chi connectivity index (χ1v) is 5.65. The van der Waals surface area contributed by atoms with Crippen molar-refractivity contribution in [2.75, 3.05) is 7.11 Å². The highest BCUT2D eigenvalue weighted by atomic mass is 35.5. The van der Waals surface area contributed by atoms with E-state index in [1.165, 1.54) is 13.2 Å². The third-order valence-corrected chi connectivity index (χ3v) is 3.12. The molecule has 0 fully saturated rings. The molecule has 6 heteroatoms. The van der Waals surface area contributed by atoms with E-state index in [2.05, 4.69) is 10.1 Å². The van der Waals surface area contributed by atoms with E-state index in [0.29, 0.717) is 22.0 Å². The van der Waals surface area contributed by atoms with Gasteiger partial charge in [0.2, 0.25) is 0 Å². The number of ether oxygens (including phenoxy) is 1. The predicted octanol–water partition coefficient (Wildman–Crippen LogP) is 2.46. The number of hydrogen-bond acceptors (Lipinski definition) is 3. The molecule has 1 amide bonds. The van der Waals surface area contributed by atoms with Crippen molar-refractivity contribution in [3.05, 3.63) is 33.3 Å². The highest BCUT2D eigenvalue weighted by molar-refractivity contribution is 6.37. The lowest BCUT2D eigenvalue weighted by atomic mass is 10.1. The van der Waals surface area contributed by atoms with Gasteiger partial charge in [-0.25, -0.2) is 4.79 Å². The smallest absolute Gasteiger partial charge is 0.407 e. The lowest BCUT2D eigenvalue weighted by molar-refractivity contribution is 0.0947. The van der Waals surface area contributed by atoms with Gasteiger partial charge < -0.3 is 10.1 Å². The minimum absolute atomic E-state index is 0.216. The van der Waals surface area contributed by atoms with E-state index in [0.717, 1.165) is 5.56 Å². The van der Waals surface area contributed by atoms with Crippen LogP contribution in [0.3, 0.4) is 0 Å². The van der Waals surface area contributed by atoms with Crippen LogP contribution in [-0.4, -0.2) is 25.0 Å². The number of nitrogens with one attached hydrogen (secondary N) is 1. The maximum atomic E-state index is 12.0. The van der Waals surface area contributed by atoms with E-state index in [1.54, 1.807) is 6.07 Å². The van der Waals surface area contributed by atoms with Crippen LogP contribution < -0.4 is 5.32 Å². The Bertz CT molecular complexity index is 502. The molecule has 0 radical (unpaired) electrons. The predicted molar refractivity (Wildman–Crippen MR) is 63.8 cm³/mol. The number of carbonyl (C=O) groups excluding carboxylic acids is 2. The standard InChI is InChI=1S/C11H9Cl2NO3/c1-17-11(16)14-8-3-5-2-6(12)4-7(13)9(5)10(8)15/h2,4,8H,3H2,1H3,(H,14,16). The Morgan fingerprint density at radius 3 is 2.82 bits per heavy atom. The number of alkyl carbamates (subject to hydrolysis) is 1. The van der Waals surface area contributed by atoms with Crippen LogP contribution >= 0.6 is 23.2 Å². The normalized spacial score (nSPS) is 17.8. The Labute approximate surface area is 108 Å². The molecule has 1 aromatic carbocycles. The number of rotatable bonds is 1. The Kier molecular flexibility index (Phi) is 3.26. The van der Waals surface area contributed by atoms with Gasteiger partial charge in [-0.1, -0.05) is 23.2 Å². The van der Waals surface area contributed by atoms with E-state index in [-0.39, 0.29) is 5.78 Å². The highest BCUT2D eigenvalue weighted by Crippen LogP contribution is 2.32. The molecule has 17 heavy (non-hydrogen) atoms. The summed E-state index contributed by atoms with van der Waals surface area (Å²) in [6, 6.07) is 2.56. The van der Waals surface area contributed by atoms with Crippen LogP contribution in [0.25, 0.3) is 0 Å². The van der Waals surface area contributed by atoms with Crippen molar-refractivity contribution in [2.45, 2.75) is 12.5 Å². The first-order chi connectivity index (χ1) is 8.02. The zero-order valence-electron chi connectivity index (χ0n) is 8.92. The van der Waals surface area contributed by atoms with Crippen LogP contribution in [-0.2, 0) is 11.2 Å². The summed E-state index contributed by atoms with van der Waals surface area (Å²) in [7, 11) is 1.24. The van der Waals surface area contributed by atoms with Crippen LogP contribution in [0.15, 0.2) is 12.1 Å². The topological polar surface area (TPSA) is 55.4 Å². The number of hydrogen-bond donors (Lipinski definition) is 1. The van der Waals surface area contributed by atoms with Gasteiger partial charge in [0.1, 0.15) is 0 Å². The van der Waals surface area contributed by atoms with Crippen molar-refractivity contribution in [1.29, 1.82) is 0 Å². The van der Waals surface area contributed by atoms with Crippen molar-refractivity contribution in [1.82, 2.24) is 5.32 Å². The fraction of sp³-hybridized carbons (Fsp3) is 0.273. The quantitative estimate of drug-likeness (QED) is 0.855. The second-order valence-corrected chi connectivity index (χ2v) is 4.52. The van der Waals surface area contributed by atoms with Crippen molar-refractivity contribution in [3.8, 4) is 0 Å². The number of fused-ring (bicyclic) bond motifs is 1. The first-order valence-electron chi connectivity index (χ1n) is 4.89. The third kappa shape index (κ3) is 2.23. The lowest BCUT2D eigenvalue weighted by Gasteiger charge is -2.08. The molecular formula is C11H9Cl2NO3. The molecule has 0 heterocycles. The molecule has 1 aliphatic rings. The molecule has 2 rings (SSSR count). The Morgan fingerprint density at radius 1 is 1.47 bits per heavy atom. The Hall–Kier alpha value is -1.26. The number of halogens is 2. The Balaban J connectivity index is 2.30. The summed E-state index contributed by atoms with van der Waals surface area (Å²) < 4.78 is 4.45. The summed E-state index contributed by atoms with van der Waals surface area (Å²) in [5.74, 6) is -0.216. The molecule has 90 valence electrons. The maximum Gasteiger partial charge on any atom is 0.407 e. The second kappa shape index (κ2) is 4.55. The summed E-state index contributed by atoms with van der Waals surface area (Å²) in [4.78, 5) is 23.1. The van der Waals surface area contributed by atoms with Crippen LogP contribution in [0.2, 0.25) is 10.0 Å². The van der Waals surface area contributed by atoms with Crippen molar-refractivity contribution in [2.24, 2.45) is 0 Å². The van der Waals surface area contributed by atoms with Gasteiger partial charge in [-0.2, -0.15) is 0 Å². The maximum absolute atomic E-state index is 12.0. The molecule has 0 aliphatic heterocycles. The molecule has 1 aromatic rings. The summed E-state index contributed by atoms with van der Waals surface area (Å²) in [6.45, 7) is 0. The summed E-state index contributed by atoms with van der Waals surface area (Å²) >= 11 is 11.8. The van der Waals surface area contributed by atoms with Gasteiger partial charge in [-0.05, 0) is 17.7 Å². The number of carbonyl (C=O) groups is 2. The van der Waals surface area contributed by atoms with Crippen LogP contribution in [0.4, 0.5) is 4.79 Å². The van der Waals surface area contributed by atoms with Crippen LogP contribution in [0.1, 0.15) is 15.9 Å². The number of methoxy groups -OCH3 is 1. The Morgan fingerprint density at radius 2 is 2.18 bits per heavy atom. The third-order valence-electron chi connectivity index (χ3n) is 2.60. The SMILES string of the molecule is COC(=O)NC1Cc2cc(Cl)cc(Cl)c2C1=O. The van der Waals surface area contributed by atoms with Gasteiger partial charge in [0.15, 0.2) is 5.78 Å². The minimum atomic E-state index is -0.640. The minimum Gasteiger partial charge on any atom is -0.453 e. The second-order valence-electron chi connectivity index (χ2n) is 3.68. The molecule has 0 saturated carbocycles. The fourth-order valence-corrected chi connectivity index (χ4v) is 2.50. The van der Waals surface area contributed by atoms with E-state index in [4.69, 9.17) is 23.2 Å². The highest BCUT2D eigenvalue weighted by Gasteiger charge is 2.34. The lowest BCUT2D eigenvalue weighted by Crippen LogP contribution is -2.38. The molecule has 0 aromatic heterocycles. The average molecular weight is 274 g/mol. The van der Waals surface area contributed by atoms with E-state index in [1.807, 2.05) is 0 Å². The molecule has 0 bridgehead atoms. The summed E-state index contributed by atoms with van der Waals surface area (Å²) in [6.07, 6.45) is -0.262. The number of benzene rings is 1. The van der Waals surface area contributed by atoms with Crippen LogP contribution in [0, 0.1) is 0 Å². The zero-order chi connectivity index (χ0) is 12.6. The van der Waals surface area contributed by atoms with E-state index < -0.39 is 12.1 Å². The van der Waals surface area contributed by atoms with Crippen molar-refractivity contribution >= 4 is 35.1 Å². The number of ketones is 1. The molecule has 0 spiro atoms. The van der Waals surface area contributed by atoms with Gasteiger partial charge in [0, 0.05) is 17.0 Å². The van der Waals surface area contributed by atoms with Gasteiger partial charge in [0.05, 0.1) is 18.2 Å². The van der Waals surface area contributed by atoms with Gasteiger partial charge in [-0.3, -0.25) is 4.79 Å². The largest absolute Gasteiger partial charge is 0.453 e. The van der Waals surface area contributed by atoms with Gasteiger partial charge in [-0.15, -0.1) is 0 Å². The van der Waals surface area contributed by atoms with Gasteiger partial charge >= 0.3 is 6.09 Å². The fourth-order valence-electron chi connectivity index (χ4n) is 1.87. The molecule has 1 atom stereocenters. The molecule has 1 N–H and O–H groups in total. The van der Waals surface area contributed by atoms with Crippen LogP contribution in [0.5, 0.6) is 0 Å². The molecule has 0 saturated heterocycles. The first kappa shape index (κ1) is 12.2. The van der Waals surface area contributed by atoms with Crippen molar-refractivity contribution < 1.29 is 14.3 Å². The molecule has 1 aliphatic carbocycles.